The molecule has 1 aromatic carbocycles. The highest BCUT2D eigenvalue weighted by Crippen LogP contribution is 2.20. The Balaban J connectivity index is 2.87. The summed E-state index contributed by atoms with van der Waals surface area (Å²) in [5.74, 6) is 0.627. The number of hydrogen-bond donors (Lipinski definition) is 0. The molecule has 1 rings (SSSR count). The third-order valence-corrected chi connectivity index (χ3v) is 2.97. The number of rotatable bonds is 6. The molecule has 88 valence electrons. The lowest BCUT2D eigenvalue weighted by atomic mass is 9.89. The van der Waals surface area contributed by atoms with Crippen LogP contribution in [0.25, 0.3) is 0 Å². The molecular formula is C15H23N. The zero-order chi connectivity index (χ0) is 11.8. The van der Waals surface area contributed by atoms with Crippen LogP contribution in [0, 0.1) is 5.92 Å². The van der Waals surface area contributed by atoms with E-state index in [0.29, 0.717) is 5.92 Å². The molecule has 1 nitrogen and oxygen atoms in total. The lowest BCUT2D eigenvalue weighted by molar-refractivity contribution is 0.559. The summed E-state index contributed by atoms with van der Waals surface area (Å²) in [7, 11) is 1.92. The minimum Gasteiger partial charge on any atom is -0.292 e. The van der Waals surface area contributed by atoms with Gasteiger partial charge in [0.1, 0.15) is 0 Å². The minimum atomic E-state index is 0.627. The van der Waals surface area contributed by atoms with Crippen molar-refractivity contribution in [2.75, 3.05) is 7.05 Å². The van der Waals surface area contributed by atoms with Gasteiger partial charge in [-0.3, -0.25) is 4.99 Å². The predicted octanol–water partition coefficient (Wildman–Crippen LogP) is 4.32. The third-order valence-electron chi connectivity index (χ3n) is 2.97. The number of nitrogens with zero attached hydrogens (tertiary/aromatic N) is 1. The first-order chi connectivity index (χ1) is 7.83. The molecule has 0 aliphatic carbocycles. The zero-order valence-electron chi connectivity index (χ0n) is 10.7. The van der Waals surface area contributed by atoms with Crippen LogP contribution in [-0.2, 0) is 0 Å². The molecule has 0 saturated heterocycles. The molecule has 1 heteroatoms. The van der Waals surface area contributed by atoms with Gasteiger partial charge in [-0.2, -0.15) is 0 Å². The maximum Gasteiger partial charge on any atom is 0.0447 e. The fourth-order valence-corrected chi connectivity index (χ4v) is 2.27. The average Bonchev–Trinajstić information content (AvgIpc) is 2.32. The second-order valence-corrected chi connectivity index (χ2v) is 4.25. The van der Waals surface area contributed by atoms with E-state index in [9.17, 15) is 0 Å². The lowest BCUT2D eigenvalue weighted by Crippen LogP contribution is -2.15. The van der Waals surface area contributed by atoms with Crippen LogP contribution in [0.5, 0.6) is 0 Å². The molecule has 0 saturated carbocycles. The lowest BCUT2D eigenvalue weighted by Gasteiger charge is -2.18. The van der Waals surface area contributed by atoms with Crippen LogP contribution >= 0.6 is 0 Å². The Kier molecular flexibility index (Phi) is 5.84. The van der Waals surface area contributed by atoms with Gasteiger partial charge in [0, 0.05) is 18.7 Å². The minimum absolute atomic E-state index is 0.627. The molecule has 0 fully saturated rings. The molecule has 0 N–H and O–H groups in total. The van der Waals surface area contributed by atoms with Crippen molar-refractivity contribution in [2.24, 2.45) is 10.9 Å². The number of aliphatic imine (C=N–C) groups is 1. The fourth-order valence-electron chi connectivity index (χ4n) is 2.27. The quantitative estimate of drug-likeness (QED) is 0.629. The molecule has 0 atom stereocenters. The van der Waals surface area contributed by atoms with Crippen molar-refractivity contribution in [1.82, 2.24) is 0 Å². The van der Waals surface area contributed by atoms with Crippen molar-refractivity contribution in [3.63, 3.8) is 0 Å². The van der Waals surface area contributed by atoms with Crippen LogP contribution in [0.3, 0.4) is 0 Å². The van der Waals surface area contributed by atoms with Crippen molar-refractivity contribution in [2.45, 2.75) is 39.5 Å². The average molecular weight is 217 g/mol. The Morgan fingerprint density at radius 2 is 1.62 bits per heavy atom. The Bertz CT molecular complexity index is 307. The summed E-state index contributed by atoms with van der Waals surface area (Å²) in [6.45, 7) is 4.50. The Hall–Kier alpha value is -1.11. The van der Waals surface area contributed by atoms with Gasteiger partial charge in [0.25, 0.3) is 0 Å². The first-order valence-corrected chi connectivity index (χ1v) is 6.35. The summed E-state index contributed by atoms with van der Waals surface area (Å²) in [6.07, 6.45) is 4.96. The van der Waals surface area contributed by atoms with E-state index in [-0.39, 0.29) is 0 Å². The van der Waals surface area contributed by atoms with Gasteiger partial charge >= 0.3 is 0 Å². The van der Waals surface area contributed by atoms with Crippen LogP contribution < -0.4 is 0 Å². The second kappa shape index (κ2) is 7.21. The smallest absolute Gasteiger partial charge is 0.0447 e. The molecule has 1 aromatic rings. The molecular weight excluding hydrogens is 194 g/mol. The SMILES string of the molecule is CCCC(CCC)C(=NC)c1ccccc1. The number of benzene rings is 1. The summed E-state index contributed by atoms with van der Waals surface area (Å²) in [5.41, 5.74) is 2.57. The molecule has 0 aromatic heterocycles. The molecule has 0 aliphatic rings. The van der Waals surface area contributed by atoms with Crippen LogP contribution in [0.15, 0.2) is 35.3 Å². The standard InChI is InChI=1S/C15H23N/c1-4-9-13(10-5-2)15(16-3)14-11-7-6-8-12-14/h6-8,11-13H,4-5,9-10H2,1-3H3. The van der Waals surface area contributed by atoms with Crippen LogP contribution in [0.1, 0.15) is 45.1 Å². The van der Waals surface area contributed by atoms with E-state index in [1.165, 1.54) is 37.0 Å². The van der Waals surface area contributed by atoms with Gasteiger partial charge in [0.05, 0.1) is 0 Å². The second-order valence-electron chi connectivity index (χ2n) is 4.25. The molecule has 0 bridgehead atoms. The van der Waals surface area contributed by atoms with Crippen molar-refractivity contribution in [3.8, 4) is 0 Å². The van der Waals surface area contributed by atoms with Crippen molar-refractivity contribution in [1.29, 1.82) is 0 Å². The highest BCUT2D eigenvalue weighted by atomic mass is 14.7. The summed E-state index contributed by atoms with van der Waals surface area (Å²) >= 11 is 0. The van der Waals surface area contributed by atoms with Gasteiger partial charge in [0.15, 0.2) is 0 Å². The van der Waals surface area contributed by atoms with Crippen LogP contribution in [0.2, 0.25) is 0 Å². The predicted molar refractivity (Wildman–Crippen MR) is 72.2 cm³/mol. The molecule has 0 heterocycles. The van der Waals surface area contributed by atoms with E-state index in [1.54, 1.807) is 0 Å². The fraction of sp³-hybridized carbons (Fsp3) is 0.533. The summed E-state index contributed by atoms with van der Waals surface area (Å²) in [5, 5.41) is 0. The van der Waals surface area contributed by atoms with Gasteiger partial charge in [-0.25, -0.2) is 0 Å². The van der Waals surface area contributed by atoms with Crippen molar-refractivity contribution < 1.29 is 0 Å². The molecule has 0 unspecified atom stereocenters. The molecule has 0 spiro atoms. The summed E-state index contributed by atoms with van der Waals surface area (Å²) in [6, 6.07) is 10.6. The van der Waals surface area contributed by atoms with Crippen molar-refractivity contribution >= 4 is 5.71 Å². The Morgan fingerprint density at radius 1 is 1.06 bits per heavy atom. The van der Waals surface area contributed by atoms with E-state index in [4.69, 9.17) is 0 Å². The summed E-state index contributed by atoms with van der Waals surface area (Å²) in [4.78, 5) is 4.51. The van der Waals surface area contributed by atoms with E-state index in [2.05, 4.69) is 49.2 Å². The first kappa shape index (κ1) is 13.0. The molecule has 16 heavy (non-hydrogen) atoms. The highest BCUT2D eigenvalue weighted by Gasteiger charge is 2.15. The van der Waals surface area contributed by atoms with Gasteiger partial charge in [0.2, 0.25) is 0 Å². The van der Waals surface area contributed by atoms with Crippen LogP contribution in [0.4, 0.5) is 0 Å². The third kappa shape index (κ3) is 3.48. The summed E-state index contributed by atoms with van der Waals surface area (Å²) < 4.78 is 0. The van der Waals surface area contributed by atoms with Crippen molar-refractivity contribution in [3.05, 3.63) is 35.9 Å². The number of hydrogen-bond acceptors (Lipinski definition) is 1. The van der Waals surface area contributed by atoms with Gasteiger partial charge in [-0.05, 0) is 18.4 Å². The first-order valence-electron chi connectivity index (χ1n) is 6.35. The molecule has 0 amide bonds. The van der Waals surface area contributed by atoms with Gasteiger partial charge in [-0.1, -0.05) is 57.0 Å². The van der Waals surface area contributed by atoms with E-state index in [1.807, 2.05) is 7.05 Å². The highest BCUT2D eigenvalue weighted by molar-refractivity contribution is 6.02. The van der Waals surface area contributed by atoms with Crippen LogP contribution in [-0.4, -0.2) is 12.8 Å². The molecule has 0 radical (unpaired) electrons. The monoisotopic (exact) mass is 217 g/mol. The largest absolute Gasteiger partial charge is 0.292 e. The maximum atomic E-state index is 4.51. The Morgan fingerprint density at radius 3 is 2.06 bits per heavy atom. The zero-order valence-corrected chi connectivity index (χ0v) is 10.7. The topological polar surface area (TPSA) is 12.4 Å². The van der Waals surface area contributed by atoms with E-state index >= 15 is 0 Å². The molecule has 0 aliphatic heterocycles. The van der Waals surface area contributed by atoms with E-state index < -0.39 is 0 Å². The maximum absolute atomic E-state index is 4.51. The van der Waals surface area contributed by atoms with Gasteiger partial charge < -0.3 is 0 Å². The van der Waals surface area contributed by atoms with Gasteiger partial charge in [-0.15, -0.1) is 0 Å². The van der Waals surface area contributed by atoms with E-state index in [0.717, 1.165) is 0 Å². The Labute approximate surface area is 99.6 Å². The normalized spacial score (nSPS) is 12.1.